The Kier molecular flexibility index (Phi) is 303. The summed E-state index contributed by atoms with van der Waals surface area (Å²) < 4.78 is 0. The summed E-state index contributed by atoms with van der Waals surface area (Å²) in [5.41, 5.74) is 0. The van der Waals surface area contributed by atoms with Crippen molar-refractivity contribution in [2.75, 3.05) is 0 Å². The van der Waals surface area contributed by atoms with Gasteiger partial charge >= 0.3 is 0 Å². The first-order chi connectivity index (χ1) is 1.41. The minimum atomic E-state index is 0. The molecule has 0 rings (SSSR count). The SMILES string of the molecule is CCC.I.I.N.N. The van der Waals surface area contributed by atoms with Crippen LogP contribution in [-0.2, 0) is 0 Å². The van der Waals surface area contributed by atoms with Crippen LogP contribution in [0.1, 0.15) is 20.3 Å². The average molecular weight is 334 g/mol. The lowest BCUT2D eigenvalue weighted by atomic mass is 10.6. The summed E-state index contributed by atoms with van der Waals surface area (Å²) in [6, 6.07) is 0. The van der Waals surface area contributed by atoms with Gasteiger partial charge in [-0.3, -0.25) is 0 Å². The van der Waals surface area contributed by atoms with Crippen molar-refractivity contribution in [1.82, 2.24) is 12.3 Å². The normalized spacial score (nSPS) is 2.57. The molecule has 0 atom stereocenters. The number of halogens is 2. The fraction of sp³-hybridized carbons (Fsp3) is 1.00. The van der Waals surface area contributed by atoms with E-state index in [1.54, 1.807) is 0 Å². The summed E-state index contributed by atoms with van der Waals surface area (Å²) in [5.74, 6) is 0. The Morgan fingerprint density at radius 1 is 0.857 bits per heavy atom. The van der Waals surface area contributed by atoms with E-state index < -0.39 is 0 Å². The van der Waals surface area contributed by atoms with Gasteiger partial charge in [0.05, 0.1) is 0 Å². The molecule has 0 aromatic heterocycles. The fourth-order valence-electron chi connectivity index (χ4n) is 0. The maximum atomic E-state index is 2.12. The second kappa shape index (κ2) is 53.0. The van der Waals surface area contributed by atoms with Crippen molar-refractivity contribution in [3.05, 3.63) is 0 Å². The van der Waals surface area contributed by atoms with Crippen LogP contribution in [0.4, 0.5) is 0 Å². The van der Waals surface area contributed by atoms with Gasteiger partial charge in [0.1, 0.15) is 0 Å². The number of hydrogen-bond donors (Lipinski definition) is 2. The van der Waals surface area contributed by atoms with E-state index in [0.717, 1.165) is 0 Å². The van der Waals surface area contributed by atoms with Gasteiger partial charge in [0.25, 0.3) is 0 Å². The van der Waals surface area contributed by atoms with Crippen LogP contribution in [-0.4, -0.2) is 0 Å². The Hall–Kier alpha value is 1.38. The van der Waals surface area contributed by atoms with Crippen LogP contribution in [0.25, 0.3) is 0 Å². The van der Waals surface area contributed by atoms with Crippen molar-refractivity contribution in [2.24, 2.45) is 0 Å². The van der Waals surface area contributed by atoms with E-state index in [4.69, 9.17) is 0 Å². The molecule has 0 aliphatic carbocycles. The first-order valence-electron chi connectivity index (χ1n) is 1.41. The lowest BCUT2D eigenvalue weighted by Crippen LogP contribution is -1.27. The lowest BCUT2D eigenvalue weighted by Gasteiger charge is -1.48. The maximum absolute atomic E-state index is 2.12. The van der Waals surface area contributed by atoms with Crippen LogP contribution in [0.5, 0.6) is 0 Å². The molecule has 0 radical (unpaired) electrons. The molecule has 0 bridgehead atoms. The predicted octanol–water partition coefficient (Wildman–Crippen LogP) is 2.98. The quantitative estimate of drug-likeness (QED) is 0.669. The highest BCUT2D eigenvalue weighted by atomic mass is 127. The van der Waals surface area contributed by atoms with Gasteiger partial charge in [-0.15, -0.1) is 48.0 Å². The van der Waals surface area contributed by atoms with Gasteiger partial charge in [-0.05, 0) is 0 Å². The molecule has 0 aromatic rings. The predicted molar refractivity (Wildman–Crippen MR) is 56.8 cm³/mol. The van der Waals surface area contributed by atoms with Crippen LogP contribution in [0.2, 0.25) is 0 Å². The number of rotatable bonds is 0. The molecule has 2 nitrogen and oxygen atoms in total. The Morgan fingerprint density at radius 3 is 0.857 bits per heavy atom. The minimum absolute atomic E-state index is 0. The van der Waals surface area contributed by atoms with Gasteiger partial charge in [-0.25, -0.2) is 0 Å². The van der Waals surface area contributed by atoms with Gasteiger partial charge in [0, 0.05) is 0 Å². The van der Waals surface area contributed by atoms with Crippen molar-refractivity contribution in [3.8, 4) is 0 Å². The van der Waals surface area contributed by atoms with Crippen LogP contribution in [0, 0.1) is 0 Å². The van der Waals surface area contributed by atoms with Crippen molar-refractivity contribution in [1.29, 1.82) is 0 Å². The third-order valence-electron chi connectivity index (χ3n) is 0. The molecule has 0 saturated heterocycles. The summed E-state index contributed by atoms with van der Waals surface area (Å²) in [4.78, 5) is 0. The molecule has 0 spiro atoms. The summed E-state index contributed by atoms with van der Waals surface area (Å²) in [7, 11) is 0. The first-order valence-corrected chi connectivity index (χ1v) is 1.41. The second-order valence-corrected chi connectivity index (χ2v) is 0.707. The molecule has 0 aliphatic rings. The van der Waals surface area contributed by atoms with Crippen LogP contribution < -0.4 is 12.3 Å². The second-order valence-electron chi connectivity index (χ2n) is 0.707. The van der Waals surface area contributed by atoms with E-state index in [9.17, 15) is 0 Å². The Balaban J connectivity index is -0.00000000333. The molecule has 6 N–H and O–H groups in total. The third-order valence-corrected chi connectivity index (χ3v) is 0. The number of hydrogen-bond acceptors (Lipinski definition) is 2. The van der Waals surface area contributed by atoms with E-state index in [1.807, 2.05) is 0 Å². The highest BCUT2D eigenvalue weighted by Crippen LogP contribution is 1.56. The smallest absolute Gasteiger partial charge is 0.0590 e. The van der Waals surface area contributed by atoms with E-state index in [2.05, 4.69) is 13.8 Å². The van der Waals surface area contributed by atoms with E-state index in [0.29, 0.717) is 0 Å². The van der Waals surface area contributed by atoms with E-state index in [1.165, 1.54) is 6.42 Å². The Bertz CT molecular complexity index is 10.9. The molecule has 0 aromatic carbocycles. The van der Waals surface area contributed by atoms with Gasteiger partial charge in [0.2, 0.25) is 0 Å². The Morgan fingerprint density at radius 2 is 0.857 bits per heavy atom. The van der Waals surface area contributed by atoms with Gasteiger partial charge < -0.3 is 12.3 Å². The lowest BCUT2D eigenvalue weighted by molar-refractivity contribution is 1.09. The highest BCUT2D eigenvalue weighted by molar-refractivity contribution is 14.0. The molecule has 0 heterocycles. The van der Waals surface area contributed by atoms with E-state index in [-0.39, 0.29) is 60.3 Å². The highest BCUT2D eigenvalue weighted by Gasteiger charge is 1.35. The van der Waals surface area contributed by atoms with Crippen LogP contribution in [0.3, 0.4) is 0 Å². The fourth-order valence-corrected chi connectivity index (χ4v) is 0. The molecule has 4 heteroatoms. The maximum Gasteiger partial charge on any atom is -0.0590 e. The zero-order valence-corrected chi connectivity index (χ0v) is 9.60. The monoisotopic (exact) mass is 334 g/mol. The molecule has 0 unspecified atom stereocenters. The Labute approximate surface area is 80.0 Å². The standard InChI is InChI=1S/C3H8.2HI.2H3N/c1-3-2;;;;/h3H2,1-2H3;2*1H;2*1H3. The molecular weight excluding hydrogens is 318 g/mol. The molecular formula is C3H16I2N2. The molecule has 0 saturated carbocycles. The largest absolute Gasteiger partial charge is 0.344 e. The summed E-state index contributed by atoms with van der Waals surface area (Å²) >= 11 is 0. The van der Waals surface area contributed by atoms with Gasteiger partial charge in [-0.2, -0.15) is 0 Å². The third kappa shape index (κ3) is 112. The van der Waals surface area contributed by atoms with Gasteiger partial charge in [-0.1, -0.05) is 20.3 Å². The van der Waals surface area contributed by atoms with E-state index >= 15 is 0 Å². The molecule has 52 valence electrons. The first kappa shape index (κ1) is 40.0. The average Bonchev–Trinajstić information content (AvgIpc) is 0.918. The van der Waals surface area contributed by atoms with Crippen molar-refractivity contribution in [2.45, 2.75) is 20.3 Å². The molecule has 0 fully saturated rings. The summed E-state index contributed by atoms with van der Waals surface area (Å²) in [5, 5.41) is 0. The zero-order valence-electron chi connectivity index (χ0n) is 4.94. The van der Waals surface area contributed by atoms with Crippen molar-refractivity contribution >= 4 is 48.0 Å². The van der Waals surface area contributed by atoms with Crippen molar-refractivity contribution < 1.29 is 0 Å². The van der Waals surface area contributed by atoms with Crippen molar-refractivity contribution in [3.63, 3.8) is 0 Å². The van der Waals surface area contributed by atoms with Crippen LogP contribution >= 0.6 is 48.0 Å². The minimum Gasteiger partial charge on any atom is -0.344 e. The molecule has 0 aliphatic heterocycles. The molecule has 0 amide bonds. The summed E-state index contributed by atoms with van der Waals surface area (Å²) in [6.45, 7) is 4.25. The van der Waals surface area contributed by atoms with Gasteiger partial charge in [0.15, 0.2) is 0 Å². The summed E-state index contributed by atoms with van der Waals surface area (Å²) in [6.07, 6.45) is 1.25. The topological polar surface area (TPSA) is 70.0 Å². The molecule has 7 heavy (non-hydrogen) atoms. The van der Waals surface area contributed by atoms with Crippen LogP contribution in [0.15, 0.2) is 0 Å². The zero-order chi connectivity index (χ0) is 2.71.